The van der Waals surface area contributed by atoms with E-state index in [1.165, 1.54) is 22.7 Å². The molecule has 1 amide bonds. The molecule has 3 aromatic rings. The van der Waals surface area contributed by atoms with Crippen LogP contribution in [0.5, 0.6) is 0 Å². The molecule has 124 valence electrons. The molecular weight excluding hydrogens is 394 g/mol. The van der Waals surface area contributed by atoms with Gasteiger partial charge in [0.2, 0.25) is 16.9 Å². The number of benzene rings is 1. The largest absolute Gasteiger partial charge is 0.461 e. The standard InChI is InChI=1S/C15H14BrN5O2S/c1-9-7-10(16)4-5-11(9)18-13(22)8-24-15-20-19-14(21(15)17)12-3-2-6-23-12/h2-7H,8,17H2,1H3,(H,18,22). The Morgan fingerprint density at radius 2 is 2.25 bits per heavy atom. The minimum atomic E-state index is -0.145. The predicted molar refractivity (Wildman–Crippen MR) is 96.1 cm³/mol. The van der Waals surface area contributed by atoms with E-state index in [0.29, 0.717) is 16.7 Å². The van der Waals surface area contributed by atoms with E-state index < -0.39 is 0 Å². The van der Waals surface area contributed by atoms with Crippen LogP contribution in [-0.4, -0.2) is 26.5 Å². The highest BCUT2D eigenvalue weighted by Crippen LogP contribution is 2.23. The molecule has 0 unspecified atom stereocenters. The third-order valence-electron chi connectivity index (χ3n) is 3.20. The first kappa shape index (κ1) is 16.6. The number of nitrogen functional groups attached to an aromatic ring is 1. The van der Waals surface area contributed by atoms with E-state index in [1.807, 2.05) is 25.1 Å². The Labute approximate surface area is 150 Å². The molecule has 0 spiro atoms. The first-order valence-electron chi connectivity index (χ1n) is 6.98. The Kier molecular flexibility index (Phi) is 4.91. The van der Waals surface area contributed by atoms with Gasteiger partial charge in [-0.05, 0) is 42.8 Å². The Balaban J connectivity index is 1.62. The number of amides is 1. The van der Waals surface area contributed by atoms with Gasteiger partial charge in [0.15, 0.2) is 5.76 Å². The van der Waals surface area contributed by atoms with Crippen molar-refractivity contribution in [2.24, 2.45) is 0 Å². The molecular formula is C15H14BrN5O2S. The number of hydrogen-bond donors (Lipinski definition) is 2. The van der Waals surface area contributed by atoms with Crippen molar-refractivity contribution < 1.29 is 9.21 Å². The van der Waals surface area contributed by atoms with Crippen LogP contribution >= 0.6 is 27.7 Å². The van der Waals surface area contributed by atoms with Crippen LogP contribution in [0, 0.1) is 6.92 Å². The summed E-state index contributed by atoms with van der Waals surface area (Å²) in [6.07, 6.45) is 1.53. The molecule has 0 saturated heterocycles. The molecule has 0 aliphatic carbocycles. The summed E-state index contributed by atoms with van der Waals surface area (Å²) in [7, 11) is 0. The van der Waals surface area contributed by atoms with Crippen LogP contribution in [-0.2, 0) is 4.79 Å². The van der Waals surface area contributed by atoms with Crippen LogP contribution in [0.3, 0.4) is 0 Å². The first-order chi connectivity index (χ1) is 11.5. The van der Waals surface area contributed by atoms with E-state index in [4.69, 9.17) is 10.3 Å². The lowest BCUT2D eigenvalue weighted by molar-refractivity contribution is -0.113. The van der Waals surface area contributed by atoms with Crippen LogP contribution < -0.4 is 11.2 Å². The van der Waals surface area contributed by atoms with E-state index in [2.05, 4.69) is 31.4 Å². The van der Waals surface area contributed by atoms with Crippen LogP contribution in [0.4, 0.5) is 5.69 Å². The molecule has 0 saturated carbocycles. The van der Waals surface area contributed by atoms with Gasteiger partial charge in [-0.3, -0.25) is 4.79 Å². The molecule has 7 nitrogen and oxygen atoms in total. The Hall–Kier alpha value is -2.26. The zero-order valence-electron chi connectivity index (χ0n) is 12.7. The van der Waals surface area contributed by atoms with Gasteiger partial charge < -0.3 is 15.6 Å². The van der Waals surface area contributed by atoms with E-state index in [-0.39, 0.29) is 11.7 Å². The average Bonchev–Trinajstić information content (AvgIpc) is 3.18. The maximum absolute atomic E-state index is 12.1. The summed E-state index contributed by atoms with van der Waals surface area (Å²) in [6, 6.07) is 9.15. The number of aromatic nitrogens is 3. The quantitative estimate of drug-likeness (QED) is 0.497. The average molecular weight is 408 g/mol. The SMILES string of the molecule is Cc1cc(Br)ccc1NC(=O)CSc1nnc(-c2ccco2)n1N. The van der Waals surface area contributed by atoms with Crippen molar-refractivity contribution in [3.8, 4) is 11.6 Å². The van der Waals surface area contributed by atoms with Crippen LogP contribution in [0.2, 0.25) is 0 Å². The molecule has 0 aliphatic rings. The van der Waals surface area contributed by atoms with E-state index in [1.54, 1.807) is 12.1 Å². The third-order valence-corrected chi connectivity index (χ3v) is 4.64. The summed E-state index contributed by atoms with van der Waals surface area (Å²) < 4.78 is 7.52. The number of rotatable bonds is 5. The second kappa shape index (κ2) is 7.10. The fourth-order valence-corrected chi connectivity index (χ4v) is 3.17. The zero-order valence-corrected chi connectivity index (χ0v) is 15.1. The summed E-state index contributed by atoms with van der Waals surface area (Å²) in [4.78, 5) is 12.1. The zero-order chi connectivity index (χ0) is 17.1. The molecule has 3 N–H and O–H groups in total. The topological polar surface area (TPSA) is 99.0 Å². The Morgan fingerprint density at radius 1 is 1.42 bits per heavy atom. The lowest BCUT2D eigenvalue weighted by Crippen LogP contribution is -2.16. The number of carbonyl (C=O) groups is 1. The number of nitrogens with one attached hydrogen (secondary N) is 1. The van der Waals surface area contributed by atoms with E-state index >= 15 is 0 Å². The summed E-state index contributed by atoms with van der Waals surface area (Å²) >= 11 is 4.60. The van der Waals surface area contributed by atoms with Gasteiger partial charge >= 0.3 is 0 Å². The normalized spacial score (nSPS) is 10.8. The lowest BCUT2D eigenvalue weighted by atomic mass is 10.2. The number of thioether (sulfide) groups is 1. The molecule has 0 fully saturated rings. The maximum atomic E-state index is 12.1. The van der Waals surface area contributed by atoms with Crippen molar-refractivity contribution in [1.82, 2.24) is 14.9 Å². The van der Waals surface area contributed by atoms with Crippen molar-refractivity contribution in [2.45, 2.75) is 12.1 Å². The number of aryl methyl sites for hydroxylation is 1. The van der Waals surface area contributed by atoms with Gasteiger partial charge in [0.25, 0.3) is 0 Å². The van der Waals surface area contributed by atoms with Gasteiger partial charge in [-0.2, -0.15) is 0 Å². The van der Waals surface area contributed by atoms with Crippen molar-refractivity contribution in [2.75, 3.05) is 16.9 Å². The van der Waals surface area contributed by atoms with Crippen molar-refractivity contribution in [3.05, 3.63) is 46.6 Å². The summed E-state index contributed by atoms with van der Waals surface area (Å²) in [5, 5.41) is 11.3. The van der Waals surface area contributed by atoms with Gasteiger partial charge in [-0.1, -0.05) is 27.7 Å². The number of halogens is 1. The second-order valence-corrected chi connectivity index (χ2v) is 6.81. The molecule has 0 atom stereocenters. The highest BCUT2D eigenvalue weighted by Gasteiger charge is 2.15. The Bertz CT molecular complexity index is 863. The van der Waals surface area contributed by atoms with Crippen molar-refractivity contribution in [3.63, 3.8) is 0 Å². The molecule has 0 radical (unpaired) electrons. The van der Waals surface area contributed by atoms with Gasteiger partial charge in [0.05, 0.1) is 12.0 Å². The molecule has 0 bridgehead atoms. The molecule has 3 rings (SSSR count). The Morgan fingerprint density at radius 3 is 2.96 bits per heavy atom. The molecule has 0 aliphatic heterocycles. The highest BCUT2D eigenvalue weighted by molar-refractivity contribution is 9.10. The van der Waals surface area contributed by atoms with Gasteiger partial charge in [0, 0.05) is 10.2 Å². The van der Waals surface area contributed by atoms with Gasteiger partial charge in [-0.15, -0.1) is 10.2 Å². The lowest BCUT2D eigenvalue weighted by Gasteiger charge is -2.08. The number of nitrogens with two attached hydrogens (primary N) is 1. The van der Waals surface area contributed by atoms with Crippen LogP contribution in [0.25, 0.3) is 11.6 Å². The summed E-state index contributed by atoms with van der Waals surface area (Å²) in [5.41, 5.74) is 1.75. The number of nitrogens with zero attached hydrogens (tertiary/aromatic N) is 3. The monoisotopic (exact) mass is 407 g/mol. The van der Waals surface area contributed by atoms with Crippen LogP contribution in [0.15, 0.2) is 50.6 Å². The summed E-state index contributed by atoms with van der Waals surface area (Å²) in [6.45, 7) is 1.93. The van der Waals surface area contributed by atoms with Gasteiger partial charge in [0.1, 0.15) is 0 Å². The minimum absolute atomic E-state index is 0.145. The van der Waals surface area contributed by atoms with Gasteiger partial charge in [-0.25, -0.2) is 4.68 Å². The molecule has 24 heavy (non-hydrogen) atoms. The van der Waals surface area contributed by atoms with E-state index in [0.717, 1.165) is 15.7 Å². The van der Waals surface area contributed by atoms with Crippen LogP contribution in [0.1, 0.15) is 5.56 Å². The predicted octanol–water partition coefficient (Wildman–Crippen LogP) is 3.05. The highest BCUT2D eigenvalue weighted by atomic mass is 79.9. The fourth-order valence-electron chi connectivity index (χ4n) is 2.03. The third kappa shape index (κ3) is 3.62. The smallest absolute Gasteiger partial charge is 0.234 e. The fraction of sp³-hybridized carbons (Fsp3) is 0.133. The second-order valence-electron chi connectivity index (χ2n) is 4.95. The summed E-state index contributed by atoms with van der Waals surface area (Å²) in [5.74, 6) is 6.90. The first-order valence-corrected chi connectivity index (χ1v) is 8.75. The maximum Gasteiger partial charge on any atom is 0.234 e. The minimum Gasteiger partial charge on any atom is -0.461 e. The number of carbonyl (C=O) groups excluding carboxylic acids is 1. The number of hydrogen-bond acceptors (Lipinski definition) is 6. The molecule has 1 aromatic carbocycles. The number of anilines is 1. The van der Waals surface area contributed by atoms with Crippen molar-refractivity contribution in [1.29, 1.82) is 0 Å². The number of furan rings is 1. The molecule has 9 heteroatoms. The molecule has 2 aromatic heterocycles. The van der Waals surface area contributed by atoms with Crippen molar-refractivity contribution >= 4 is 39.3 Å². The molecule has 2 heterocycles. The van der Waals surface area contributed by atoms with E-state index in [9.17, 15) is 4.79 Å².